The average molecular weight is 290 g/mol. The Morgan fingerprint density at radius 3 is 2.45 bits per heavy atom. The van der Waals surface area contributed by atoms with Crippen molar-refractivity contribution in [2.45, 2.75) is 25.8 Å². The van der Waals surface area contributed by atoms with Gasteiger partial charge in [0.1, 0.15) is 5.75 Å². The second-order valence-corrected chi connectivity index (χ2v) is 5.41. The minimum absolute atomic E-state index is 0.0352. The lowest BCUT2D eigenvalue weighted by molar-refractivity contribution is 0.414. The molecule has 0 spiro atoms. The summed E-state index contributed by atoms with van der Waals surface area (Å²) in [6.45, 7) is 2.00. The second kappa shape index (κ2) is 6.78. The topological polar surface area (TPSA) is 35.2 Å². The fourth-order valence-electron chi connectivity index (χ4n) is 2.18. The van der Waals surface area contributed by atoms with E-state index in [4.69, 9.17) is 22.1 Å². The molecule has 2 aromatic rings. The standard InChI is InChI=1S/C17H20ClNO/c1-12-11-14(6-9-16(12)18)17(19)10-5-13-3-7-15(20-2)8-4-13/h3-4,6-9,11,17H,5,10,19H2,1-2H3. The van der Waals surface area contributed by atoms with E-state index in [1.807, 2.05) is 31.2 Å². The predicted octanol–water partition coefficient (Wildman–Crippen LogP) is 4.29. The number of hydrogen-bond acceptors (Lipinski definition) is 2. The maximum Gasteiger partial charge on any atom is 0.118 e. The normalized spacial score (nSPS) is 12.2. The van der Waals surface area contributed by atoms with Crippen LogP contribution in [0.25, 0.3) is 0 Å². The van der Waals surface area contributed by atoms with E-state index in [0.29, 0.717) is 0 Å². The molecule has 3 heteroatoms. The predicted molar refractivity (Wildman–Crippen MR) is 84.4 cm³/mol. The number of benzene rings is 2. The van der Waals surface area contributed by atoms with Crippen molar-refractivity contribution < 1.29 is 4.74 Å². The van der Waals surface area contributed by atoms with E-state index in [-0.39, 0.29) is 6.04 Å². The van der Waals surface area contributed by atoms with Crippen molar-refractivity contribution in [3.05, 3.63) is 64.2 Å². The number of ether oxygens (including phenoxy) is 1. The van der Waals surface area contributed by atoms with Gasteiger partial charge in [0.15, 0.2) is 0 Å². The summed E-state index contributed by atoms with van der Waals surface area (Å²) in [4.78, 5) is 0. The molecule has 20 heavy (non-hydrogen) atoms. The van der Waals surface area contributed by atoms with Gasteiger partial charge in [-0.15, -0.1) is 0 Å². The number of methoxy groups -OCH3 is 1. The molecule has 1 unspecified atom stereocenters. The van der Waals surface area contributed by atoms with Crippen molar-refractivity contribution in [3.8, 4) is 5.75 Å². The van der Waals surface area contributed by atoms with Crippen molar-refractivity contribution in [1.29, 1.82) is 0 Å². The molecule has 0 saturated carbocycles. The maximum absolute atomic E-state index is 6.25. The molecule has 1 atom stereocenters. The van der Waals surface area contributed by atoms with Crippen LogP contribution in [0.3, 0.4) is 0 Å². The van der Waals surface area contributed by atoms with E-state index in [9.17, 15) is 0 Å². The fourth-order valence-corrected chi connectivity index (χ4v) is 2.30. The van der Waals surface area contributed by atoms with Crippen LogP contribution in [-0.4, -0.2) is 7.11 Å². The largest absolute Gasteiger partial charge is 0.497 e. The summed E-state index contributed by atoms with van der Waals surface area (Å²) in [5.41, 5.74) is 9.73. The van der Waals surface area contributed by atoms with Gasteiger partial charge in [0, 0.05) is 11.1 Å². The monoisotopic (exact) mass is 289 g/mol. The fraction of sp³-hybridized carbons (Fsp3) is 0.294. The first-order valence-electron chi connectivity index (χ1n) is 6.74. The molecule has 0 amide bonds. The molecular weight excluding hydrogens is 270 g/mol. The first-order chi connectivity index (χ1) is 9.60. The Labute approximate surface area is 125 Å². The van der Waals surface area contributed by atoms with Crippen molar-refractivity contribution in [1.82, 2.24) is 0 Å². The third kappa shape index (κ3) is 3.75. The Morgan fingerprint density at radius 1 is 1.15 bits per heavy atom. The Bertz CT molecular complexity index is 566. The highest BCUT2D eigenvalue weighted by Crippen LogP contribution is 2.23. The van der Waals surface area contributed by atoms with Crippen molar-refractivity contribution in [2.24, 2.45) is 5.73 Å². The van der Waals surface area contributed by atoms with E-state index in [0.717, 1.165) is 34.7 Å². The molecule has 0 aliphatic rings. The molecule has 0 fully saturated rings. The maximum atomic E-state index is 6.25. The molecule has 2 rings (SSSR count). The van der Waals surface area contributed by atoms with E-state index in [1.165, 1.54) is 5.56 Å². The summed E-state index contributed by atoms with van der Waals surface area (Å²) in [6, 6.07) is 14.2. The summed E-state index contributed by atoms with van der Waals surface area (Å²) in [5.74, 6) is 0.881. The number of rotatable bonds is 5. The molecular formula is C17H20ClNO. The van der Waals surface area contributed by atoms with Crippen LogP contribution in [0.4, 0.5) is 0 Å². The zero-order chi connectivity index (χ0) is 14.5. The number of halogens is 1. The molecule has 0 aliphatic carbocycles. The molecule has 106 valence electrons. The quantitative estimate of drug-likeness (QED) is 0.891. The van der Waals surface area contributed by atoms with Crippen LogP contribution < -0.4 is 10.5 Å². The molecule has 0 bridgehead atoms. The van der Waals surface area contributed by atoms with Gasteiger partial charge in [0.25, 0.3) is 0 Å². The van der Waals surface area contributed by atoms with Crippen molar-refractivity contribution >= 4 is 11.6 Å². The molecule has 0 aliphatic heterocycles. The van der Waals surface area contributed by atoms with Crippen LogP contribution in [0.1, 0.15) is 29.2 Å². The third-order valence-electron chi connectivity index (χ3n) is 3.51. The number of hydrogen-bond donors (Lipinski definition) is 1. The van der Waals surface area contributed by atoms with Gasteiger partial charge in [-0.25, -0.2) is 0 Å². The zero-order valence-corrected chi connectivity index (χ0v) is 12.7. The van der Waals surface area contributed by atoms with Gasteiger partial charge in [-0.05, 0) is 54.7 Å². The van der Waals surface area contributed by atoms with Crippen molar-refractivity contribution in [3.63, 3.8) is 0 Å². The molecule has 0 saturated heterocycles. The van der Waals surface area contributed by atoms with Crippen LogP contribution >= 0.6 is 11.6 Å². The van der Waals surface area contributed by atoms with Crippen LogP contribution in [-0.2, 0) is 6.42 Å². The summed E-state index contributed by atoms with van der Waals surface area (Å²) in [6.07, 6.45) is 1.86. The Morgan fingerprint density at radius 2 is 1.85 bits per heavy atom. The van der Waals surface area contributed by atoms with Gasteiger partial charge < -0.3 is 10.5 Å². The van der Waals surface area contributed by atoms with Gasteiger partial charge in [0.05, 0.1) is 7.11 Å². The Hall–Kier alpha value is -1.51. The first kappa shape index (κ1) is 14.9. The number of nitrogens with two attached hydrogens (primary N) is 1. The molecule has 0 radical (unpaired) electrons. The third-order valence-corrected chi connectivity index (χ3v) is 3.94. The van der Waals surface area contributed by atoms with E-state index in [1.54, 1.807) is 7.11 Å². The molecule has 2 N–H and O–H groups in total. The summed E-state index contributed by atoms with van der Waals surface area (Å²) < 4.78 is 5.15. The van der Waals surface area contributed by atoms with Crippen LogP contribution in [0, 0.1) is 6.92 Å². The van der Waals surface area contributed by atoms with E-state index >= 15 is 0 Å². The molecule has 2 aromatic carbocycles. The Balaban J connectivity index is 1.96. The van der Waals surface area contributed by atoms with E-state index < -0.39 is 0 Å². The minimum Gasteiger partial charge on any atom is -0.497 e. The SMILES string of the molecule is COc1ccc(CCC(N)c2ccc(Cl)c(C)c2)cc1. The number of aryl methyl sites for hydroxylation is 2. The highest BCUT2D eigenvalue weighted by molar-refractivity contribution is 6.31. The van der Waals surface area contributed by atoms with E-state index in [2.05, 4.69) is 18.2 Å². The molecule has 0 aromatic heterocycles. The highest BCUT2D eigenvalue weighted by atomic mass is 35.5. The molecule has 0 heterocycles. The van der Waals surface area contributed by atoms with Crippen LogP contribution in [0.15, 0.2) is 42.5 Å². The summed E-state index contributed by atoms with van der Waals surface area (Å²) in [5, 5.41) is 0.788. The molecule has 2 nitrogen and oxygen atoms in total. The van der Waals surface area contributed by atoms with Gasteiger partial charge in [-0.3, -0.25) is 0 Å². The lowest BCUT2D eigenvalue weighted by atomic mass is 9.98. The minimum atomic E-state index is 0.0352. The van der Waals surface area contributed by atoms with Crippen molar-refractivity contribution in [2.75, 3.05) is 7.11 Å². The Kier molecular flexibility index (Phi) is 5.05. The van der Waals surface area contributed by atoms with Crippen LogP contribution in [0.2, 0.25) is 5.02 Å². The van der Waals surface area contributed by atoms with Crippen LogP contribution in [0.5, 0.6) is 5.75 Å². The zero-order valence-electron chi connectivity index (χ0n) is 11.9. The summed E-state index contributed by atoms with van der Waals surface area (Å²) >= 11 is 6.03. The summed E-state index contributed by atoms with van der Waals surface area (Å²) in [7, 11) is 1.67. The van der Waals surface area contributed by atoms with Gasteiger partial charge in [-0.1, -0.05) is 35.9 Å². The first-order valence-corrected chi connectivity index (χ1v) is 7.12. The average Bonchev–Trinajstić information content (AvgIpc) is 2.48. The van der Waals surface area contributed by atoms with Gasteiger partial charge in [0.2, 0.25) is 0 Å². The second-order valence-electron chi connectivity index (χ2n) is 5.00. The lowest BCUT2D eigenvalue weighted by Crippen LogP contribution is -2.11. The lowest BCUT2D eigenvalue weighted by Gasteiger charge is -2.13. The highest BCUT2D eigenvalue weighted by Gasteiger charge is 2.08. The van der Waals surface area contributed by atoms with Gasteiger partial charge in [-0.2, -0.15) is 0 Å². The smallest absolute Gasteiger partial charge is 0.118 e. The van der Waals surface area contributed by atoms with Gasteiger partial charge >= 0.3 is 0 Å².